The molecule has 0 amide bonds. The molecule has 1 heterocycles. The first kappa shape index (κ1) is 18.2. The molecular weight excluding hydrogens is 358 g/mol. The van der Waals surface area contributed by atoms with E-state index in [1.165, 1.54) is 15.6 Å². The van der Waals surface area contributed by atoms with Gasteiger partial charge in [-0.05, 0) is 48.6 Å². The van der Waals surface area contributed by atoms with Crippen LogP contribution in [0.2, 0.25) is 0 Å². The van der Waals surface area contributed by atoms with Crippen molar-refractivity contribution in [1.82, 2.24) is 0 Å². The van der Waals surface area contributed by atoms with Crippen molar-refractivity contribution in [2.24, 2.45) is 0 Å². The molecule has 1 aromatic heterocycles. The van der Waals surface area contributed by atoms with Crippen LogP contribution in [-0.4, -0.2) is 32.0 Å². The summed E-state index contributed by atoms with van der Waals surface area (Å²) in [6.07, 6.45) is 1.94. The minimum atomic E-state index is -3.67. The molecule has 0 spiro atoms. The summed E-state index contributed by atoms with van der Waals surface area (Å²) in [5.41, 5.74) is 0.590. The molecule has 25 heavy (non-hydrogen) atoms. The van der Waals surface area contributed by atoms with Gasteiger partial charge in [0.25, 0.3) is 0 Å². The van der Waals surface area contributed by atoms with Gasteiger partial charge in [0, 0.05) is 4.88 Å². The topological polar surface area (TPSA) is 66.8 Å². The van der Waals surface area contributed by atoms with Gasteiger partial charge >= 0.3 is 0 Å². The number of anilines is 1. The van der Waals surface area contributed by atoms with Crippen molar-refractivity contribution in [2.75, 3.05) is 11.4 Å². The van der Waals surface area contributed by atoms with Crippen molar-refractivity contribution < 1.29 is 18.3 Å². The van der Waals surface area contributed by atoms with E-state index in [-0.39, 0.29) is 6.54 Å². The molecule has 1 fully saturated rings. The van der Waals surface area contributed by atoms with Crippen molar-refractivity contribution in [2.45, 2.75) is 43.6 Å². The highest BCUT2D eigenvalue weighted by Crippen LogP contribution is 2.32. The van der Waals surface area contributed by atoms with Crippen molar-refractivity contribution in [3.63, 3.8) is 0 Å². The van der Waals surface area contributed by atoms with E-state index in [0.717, 1.165) is 17.7 Å². The zero-order valence-corrected chi connectivity index (χ0v) is 15.8. The molecule has 7 heteroatoms. The van der Waals surface area contributed by atoms with Gasteiger partial charge in [-0.25, -0.2) is 8.42 Å². The summed E-state index contributed by atoms with van der Waals surface area (Å²) in [4.78, 5) is 0.963. The fourth-order valence-corrected chi connectivity index (χ4v) is 6.04. The first-order valence-corrected chi connectivity index (χ1v) is 10.8. The van der Waals surface area contributed by atoms with Crippen LogP contribution in [-0.2, 0) is 16.6 Å². The van der Waals surface area contributed by atoms with E-state index in [2.05, 4.69) is 0 Å². The predicted molar refractivity (Wildman–Crippen MR) is 101 cm³/mol. The fraction of sp³-hybridized carbons (Fsp3) is 0.444. The summed E-state index contributed by atoms with van der Waals surface area (Å²) in [7, 11) is -2.10. The van der Waals surface area contributed by atoms with Crippen LogP contribution in [0.5, 0.6) is 5.75 Å². The standard InChI is InChI=1S/C18H23NO4S2/c1-23-15-10-8-14(9-11-15)19(13-16-5-4-12-24-16)25(21,22)18-7-3-2-6-17(18)20/h4-5,8-12,17-18,20H,2-3,6-7,13H2,1H3. The van der Waals surface area contributed by atoms with Crippen LogP contribution in [0.25, 0.3) is 0 Å². The minimum absolute atomic E-state index is 0.273. The lowest BCUT2D eigenvalue weighted by molar-refractivity contribution is 0.133. The van der Waals surface area contributed by atoms with Crippen LogP contribution in [0.1, 0.15) is 30.6 Å². The number of aliphatic hydroxyl groups is 1. The molecule has 1 N–H and O–H groups in total. The van der Waals surface area contributed by atoms with E-state index in [1.807, 2.05) is 17.5 Å². The molecule has 1 aliphatic rings. The largest absolute Gasteiger partial charge is 0.497 e. The Kier molecular flexibility index (Phi) is 5.66. The monoisotopic (exact) mass is 381 g/mol. The Labute approximate surface area is 152 Å². The van der Waals surface area contributed by atoms with E-state index in [1.54, 1.807) is 31.4 Å². The summed E-state index contributed by atoms with van der Waals surface area (Å²) in [5.74, 6) is 0.676. The van der Waals surface area contributed by atoms with Crippen molar-refractivity contribution in [3.05, 3.63) is 46.7 Å². The number of aliphatic hydroxyl groups excluding tert-OH is 1. The second-order valence-corrected chi connectivity index (χ2v) is 9.33. The number of nitrogens with zero attached hydrogens (tertiary/aromatic N) is 1. The van der Waals surface area contributed by atoms with Gasteiger partial charge in [0.2, 0.25) is 10.0 Å². The highest BCUT2D eigenvalue weighted by atomic mass is 32.2. The number of methoxy groups -OCH3 is 1. The maximum Gasteiger partial charge on any atom is 0.240 e. The molecule has 2 atom stereocenters. The Morgan fingerprint density at radius 2 is 1.92 bits per heavy atom. The van der Waals surface area contributed by atoms with E-state index in [4.69, 9.17) is 4.74 Å². The molecule has 136 valence electrons. The average Bonchev–Trinajstić information content (AvgIpc) is 3.13. The molecule has 1 saturated carbocycles. The van der Waals surface area contributed by atoms with Crippen LogP contribution in [0.15, 0.2) is 41.8 Å². The second-order valence-electron chi connectivity index (χ2n) is 6.22. The number of sulfonamides is 1. The zero-order valence-electron chi connectivity index (χ0n) is 14.2. The van der Waals surface area contributed by atoms with E-state index < -0.39 is 21.4 Å². The van der Waals surface area contributed by atoms with Crippen molar-refractivity contribution >= 4 is 27.0 Å². The van der Waals surface area contributed by atoms with E-state index >= 15 is 0 Å². The van der Waals surface area contributed by atoms with Gasteiger partial charge < -0.3 is 9.84 Å². The minimum Gasteiger partial charge on any atom is -0.497 e. The summed E-state index contributed by atoms with van der Waals surface area (Å²) >= 11 is 1.52. The lowest BCUT2D eigenvalue weighted by Crippen LogP contribution is -2.45. The first-order valence-electron chi connectivity index (χ1n) is 8.38. The Bertz CT molecular complexity index is 772. The van der Waals surface area contributed by atoms with Gasteiger partial charge in [-0.1, -0.05) is 18.9 Å². The molecule has 5 nitrogen and oxygen atoms in total. The molecule has 0 bridgehead atoms. The molecule has 0 radical (unpaired) electrons. The van der Waals surface area contributed by atoms with Gasteiger partial charge in [0.1, 0.15) is 11.0 Å². The highest BCUT2D eigenvalue weighted by molar-refractivity contribution is 7.93. The molecule has 2 aromatic rings. The van der Waals surface area contributed by atoms with Gasteiger partial charge in [-0.3, -0.25) is 4.31 Å². The lowest BCUT2D eigenvalue weighted by Gasteiger charge is -2.33. The molecule has 1 aromatic carbocycles. The normalized spacial score (nSPS) is 21.0. The third-order valence-corrected chi connectivity index (χ3v) is 7.73. The third-order valence-electron chi connectivity index (χ3n) is 4.60. The smallest absolute Gasteiger partial charge is 0.240 e. The first-order chi connectivity index (χ1) is 12.0. The molecule has 1 aliphatic carbocycles. The number of ether oxygens (including phenoxy) is 1. The van der Waals surface area contributed by atoms with Crippen LogP contribution in [0.4, 0.5) is 5.69 Å². The Balaban J connectivity index is 1.96. The number of hydrogen-bond acceptors (Lipinski definition) is 5. The predicted octanol–water partition coefficient (Wildman–Crippen LogP) is 3.40. The zero-order chi connectivity index (χ0) is 17.9. The van der Waals surface area contributed by atoms with Gasteiger partial charge in [0.05, 0.1) is 25.4 Å². The van der Waals surface area contributed by atoms with Gasteiger partial charge in [0.15, 0.2) is 0 Å². The molecular formula is C18H23NO4S2. The van der Waals surface area contributed by atoms with Crippen LogP contribution >= 0.6 is 11.3 Å². The Morgan fingerprint density at radius 3 is 2.52 bits per heavy atom. The summed E-state index contributed by atoms with van der Waals surface area (Å²) in [5, 5.41) is 11.5. The second kappa shape index (κ2) is 7.76. The van der Waals surface area contributed by atoms with Gasteiger partial charge in [-0.15, -0.1) is 11.3 Å². The number of benzene rings is 1. The summed E-state index contributed by atoms with van der Waals surface area (Å²) in [6, 6.07) is 10.8. The molecule has 3 rings (SSSR count). The van der Waals surface area contributed by atoms with Gasteiger partial charge in [-0.2, -0.15) is 0 Å². The Hall–Kier alpha value is -1.57. The van der Waals surface area contributed by atoms with E-state index in [9.17, 15) is 13.5 Å². The SMILES string of the molecule is COc1ccc(N(Cc2cccs2)S(=O)(=O)C2CCCCC2O)cc1. The molecule has 0 saturated heterocycles. The maximum atomic E-state index is 13.3. The third kappa shape index (κ3) is 3.99. The summed E-state index contributed by atoms with van der Waals surface area (Å²) in [6.45, 7) is 0.273. The van der Waals surface area contributed by atoms with Crippen molar-refractivity contribution in [1.29, 1.82) is 0 Å². The quantitative estimate of drug-likeness (QED) is 0.833. The van der Waals surface area contributed by atoms with Crippen LogP contribution in [0, 0.1) is 0 Å². The van der Waals surface area contributed by atoms with Crippen LogP contribution in [0.3, 0.4) is 0 Å². The number of rotatable bonds is 6. The highest BCUT2D eigenvalue weighted by Gasteiger charge is 2.38. The number of hydrogen-bond donors (Lipinski definition) is 1. The maximum absolute atomic E-state index is 13.3. The Morgan fingerprint density at radius 1 is 1.20 bits per heavy atom. The van der Waals surface area contributed by atoms with Crippen LogP contribution < -0.4 is 9.04 Å². The molecule has 2 unspecified atom stereocenters. The van der Waals surface area contributed by atoms with E-state index in [0.29, 0.717) is 24.3 Å². The lowest BCUT2D eigenvalue weighted by atomic mass is 9.97. The fourth-order valence-electron chi connectivity index (χ4n) is 3.21. The summed E-state index contributed by atoms with van der Waals surface area (Å²) < 4.78 is 33.2. The number of thiophene rings is 1. The van der Waals surface area contributed by atoms with Crippen molar-refractivity contribution in [3.8, 4) is 5.75 Å². The average molecular weight is 382 g/mol. The molecule has 0 aliphatic heterocycles.